The Hall–Kier alpha value is -1.14. The lowest BCUT2D eigenvalue weighted by Gasteiger charge is -2.31. The monoisotopic (exact) mass is 312 g/mol. The van der Waals surface area contributed by atoms with Crippen molar-refractivity contribution in [1.82, 2.24) is 4.98 Å². The van der Waals surface area contributed by atoms with E-state index in [4.69, 9.17) is 4.74 Å². The summed E-state index contributed by atoms with van der Waals surface area (Å²) in [4.78, 5) is 18.7. The zero-order valence-electron chi connectivity index (χ0n) is 13.0. The van der Waals surface area contributed by atoms with Crippen LogP contribution in [0.25, 0.3) is 0 Å². The van der Waals surface area contributed by atoms with Crippen LogP contribution in [0, 0.1) is 5.92 Å². The second-order valence-corrected chi connectivity index (χ2v) is 6.69. The van der Waals surface area contributed by atoms with Crippen LogP contribution in [0.1, 0.15) is 54.4 Å². The average molecular weight is 312 g/mol. The number of hydrogen-bond donors (Lipinski definition) is 1. The second-order valence-electron chi connectivity index (χ2n) is 5.71. The number of rotatable bonds is 6. The van der Waals surface area contributed by atoms with Gasteiger partial charge in [-0.15, -0.1) is 0 Å². The summed E-state index contributed by atoms with van der Waals surface area (Å²) in [5.41, 5.74) is 0.740. The highest BCUT2D eigenvalue weighted by Crippen LogP contribution is 2.34. The van der Waals surface area contributed by atoms with Crippen LogP contribution in [0.2, 0.25) is 0 Å². The maximum absolute atomic E-state index is 11.4. The molecule has 0 saturated carbocycles. The van der Waals surface area contributed by atoms with Crippen LogP contribution in [0.15, 0.2) is 0 Å². The molecule has 0 aromatic carbocycles. The molecule has 0 amide bonds. The Labute approximate surface area is 129 Å². The van der Waals surface area contributed by atoms with E-state index in [9.17, 15) is 9.90 Å². The Bertz CT molecular complexity index is 481. The Morgan fingerprint density at radius 1 is 1.52 bits per heavy atom. The maximum atomic E-state index is 11.4. The lowest BCUT2D eigenvalue weighted by atomic mass is 9.98. The summed E-state index contributed by atoms with van der Waals surface area (Å²) in [6, 6.07) is 0. The number of hydrogen-bond acceptors (Lipinski definition) is 5. The fourth-order valence-corrected chi connectivity index (χ4v) is 3.74. The molecule has 1 N–H and O–H groups in total. The van der Waals surface area contributed by atoms with E-state index in [2.05, 4.69) is 16.8 Å². The summed E-state index contributed by atoms with van der Waals surface area (Å²) < 4.78 is 5.21. The highest BCUT2D eigenvalue weighted by molar-refractivity contribution is 7.17. The molecule has 1 fully saturated rings. The van der Waals surface area contributed by atoms with Crippen LogP contribution >= 0.6 is 11.3 Å². The van der Waals surface area contributed by atoms with E-state index in [1.54, 1.807) is 7.11 Å². The number of aromatic nitrogens is 1. The summed E-state index contributed by atoms with van der Waals surface area (Å²) in [7, 11) is 1.74. The smallest absolute Gasteiger partial charge is 0.347 e. The third-order valence-electron chi connectivity index (χ3n) is 4.20. The van der Waals surface area contributed by atoms with E-state index < -0.39 is 5.97 Å². The number of methoxy groups -OCH3 is 1. The van der Waals surface area contributed by atoms with Gasteiger partial charge in [0.2, 0.25) is 0 Å². The molecular formula is C15H24N2O3S. The molecule has 0 bridgehead atoms. The Kier molecular flexibility index (Phi) is 5.58. The highest BCUT2D eigenvalue weighted by Gasteiger charge is 2.26. The molecule has 2 rings (SSSR count). The van der Waals surface area contributed by atoms with Gasteiger partial charge in [-0.25, -0.2) is 9.78 Å². The van der Waals surface area contributed by atoms with Crippen LogP contribution in [0.3, 0.4) is 0 Å². The van der Waals surface area contributed by atoms with Crippen molar-refractivity contribution in [3.05, 3.63) is 10.6 Å². The molecule has 0 spiro atoms. The first-order valence-electron chi connectivity index (χ1n) is 7.54. The quantitative estimate of drug-likeness (QED) is 0.874. The van der Waals surface area contributed by atoms with Crippen molar-refractivity contribution in [3.8, 4) is 0 Å². The summed E-state index contributed by atoms with van der Waals surface area (Å²) in [6.45, 7) is 6.77. The third kappa shape index (κ3) is 3.74. The summed E-state index contributed by atoms with van der Waals surface area (Å²) >= 11 is 1.32. The molecule has 0 aliphatic carbocycles. The van der Waals surface area contributed by atoms with Gasteiger partial charge in [-0.3, -0.25) is 0 Å². The van der Waals surface area contributed by atoms with Gasteiger partial charge in [0.15, 0.2) is 5.13 Å². The van der Waals surface area contributed by atoms with E-state index in [-0.39, 0.29) is 5.92 Å². The molecule has 1 atom stereocenters. The van der Waals surface area contributed by atoms with Crippen LogP contribution in [0.4, 0.5) is 5.13 Å². The van der Waals surface area contributed by atoms with Crippen molar-refractivity contribution in [1.29, 1.82) is 0 Å². The first-order valence-corrected chi connectivity index (χ1v) is 8.36. The van der Waals surface area contributed by atoms with Crippen molar-refractivity contribution in [2.45, 2.75) is 39.0 Å². The number of carboxylic acid groups (broad SMARTS) is 1. The Morgan fingerprint density at radius 2 is 2.19 bits per heavy atom. The van der Waals surface area contributed by atoms with Gasteiger partial charge in [0.25, 0.3) is 0 Å². The molecule has 2 heterocycles. The minimum absolute atomic E-state index is 0.187. The van der Waals surface area contributed by atoms with Gasteiger partial charge in [0, 0.05) is 26.8 Å². The van der Waals surface area contributed by atoms with Crippen molar-refractivity contribution >= 4 is 22.4 Å². The first kappa shape index (κ1) is 16.2. The van der Waals surface area contributed by atoms with E-state index in [0.717, 1.165) is 49.8 Å². The van der Waals surface area contributed by atoms with E-state index in [0.29, 0.717) is 10.8 Å². The molecular weight excluding hydrogens is 288 g/mol. The number of piperidine rings is 1. The normalized spacial score (nSPS) is 18.0. The molecule has 1 aliphatic rings. The fourth-order valence-electron chi connectivity index (χ4n) is 2.66. The molecule has 1 aromatic heterocycles. The summed E-state index contributed by atoms with van der Waals surface area (Å²) in [5.74, 6) is -0.0605. The van der Waals surface area contributed by atoms with Crippen molar-refractivity contribution in [2.24, 2.45) is 5.92 Å². The number of nitrogens with zero attached hydrogens (tertiary/aromatic N) is 2. The maximum Gasteiger partial charge on any atom is 0.347 e. The molecule has 1 unspecified atom stereocenters. The molecule has 1 saturated heterocycles. The van der Waals surface area contributed by atoms with Gasteiger partial charge < -0.3 is 14.7 Å². The first-order chi connectivity index (χ1) is 10.1. The SMILES string of the molecule is CCC(C)c1nc(N2CCC(COC)CC2)sc1C(=O)O. The lowest BCUT2D eigenvalue weighted by Crippen LogP contribution is -2.34. The highest BCUT2D eigenvalue weighted by atomic mass is 32.1. The van der Waals surface area contributed by atoms with Crippen LogP contribution in [-0.4, -0.2) is 42.9 Å². The van der Waals surface area contributed by atoms with E-state index in [1.807, 2.05) is 6.92 Å². The molecule has 1 aromatic rings. The van der Waals surface area contributed by atoms with Crippen molar-refractivity contribution < 1.29 is 14.6 Å². The third-order valence-corrected chi connectivity index (χ3v) is 5.32. The Balaban J connectivity index is 2.12. The molecule has 5 nitrogen and oxygen atoms in total. The molecule has 118 valence electrons. The van der Waals surface area contributed by atoms with Crippen molar-refractivity contribution in [3.63, 3.8) is 0 Å². The number of aromatic carboxylic acids is 1. The topological polar surface area (TPSA) is 62.7 Å². The number of thiazole rings is 1. The standard InChI is InChI=1S/C15H24N2O3S/c1-4-10(2)12-13(14(18)19)21-15(16-12)17-7-5-11(6-8-17)9-20-3/h10-11H,4-9H2,1-3H3,(H,18,19). The fraction of sp³-hybridized carbons (Fsp3) is 0.733. The van der Waals surface area contributed by atoms with Crippen molar-refractivity contribution in [2.75, 3.05) is 31.7 Å². The van der Waals surface area contributed by atoms with Crippen LogP contribution in [0.5, 0.6) is 0 Å². The zero-order valence-corrected chi connectivity index (χ0v) is 13.8. The van der Waals surface area contributed by atoms with Gasteiger partial charge in [-0.05, 0) is 31.1 Å². The van der Waals surface area contributed by atoms with Crippen LogP contribution in [-0.2, 0) is 4.74 Å². The number of carbonyl (C=O) groups is 1. The number of carboxylic acids is 1. The Morgan fingerprint density at radius 3 is 2.71 bits per heavy atom. The summed E-state index contributed by atoms with van der Waals surface area (Å²) in [5, 5.41) is 10.2. The molecule has 6 heteroatoms. The van der Waals surface area contributed by atoms with Gasteiger partial charge in [0.05, 0.1) is 5.69 Å². The van der Waals surface area contributed by atoms with Gasteiger partial charge in [-0.1, -0.05) is 25.2 Å². The number of anilines is 1. The lowest BCUT2D eigenvalue weighted by molar-refractivity contribution is 0.0700. The number of ether oxygens (including phenoxy) is 1. The van der Waals surface area contributed by atoms with Gasteiger partial charge in [0.1, 0.15) is 4.88 Å². The predicted octanol–water partition coefficient (Wildman–Crippen LogP) is 3.22. The van der Waals surface area contributed by atoms with Crippen LogP contribution < -0.4 is 4.90 Å². The van der Waals surface area contributed by atoms with E-state index in [1.165, 1.54) is 11.3 Å². The van der Waals surface area contributed by atoms with E-state index >= 15 is 0 Å². The molecule has 1 aliphatic heterocycles. The molecule has 0 radical (unpaired) electrons. The summed E-state index contributed by atoms with van der Waals surface area (Å²) in [6.07, 6.45) is 3.06. The van der Waals surface area contributed by atoms with Gasteiger partial charge >= 0.3 is 5.97 Å². The van der Waals surface area contributed by atoms with Gasteiger partial charge in [-0.2, -0.15) is 0 Å². The minimum Gasteiger partial charge on any atom is -0.477 e. The average Bonchev–Trinajstić information content (AvgIpc) is 2.93. The molecule has 21 heavy (non-hydrogen) atoms. The second kappa shape index (κ2) is 7.22. The predicted molar refractivity (Wildman–Crippen MR) is 84.6 cm³/mol. The largest absolute Gasteiger partial charge is 0.477 e. The zero-order chi connectivity index (χ0) is 15.4. The minimum atomic E-state index is -0.858.